The fraction of sp³-hybridized carbons (Fsp3) is 0.769. The van der Waals surface area contributed by atoms with Crippen LogP contribution in [-0.2, 0) is 16.0 Å². The molecule has 2 rings (SSSR count). The molecule has 0 saturated carbocycles. The third-order valence-corrected chi connectivity index (χ3v) is 4.20. The maximum Gasteiger partial charge on any atom is 0.311 e. The van der Waals surface area contributed by atoms with Crippen molar-refractivity contribution in [3.63, 3.8) is 0 Å². The molecule has 1 saturated heterocycles. The number of aryl methyl sites for hydroxylation is 1. The van der Waals surface area contributed by atoms with Gasteiger partial charge in [0.2, 0.25) is 5.13 Å². The molecule has 0 spiro atoms. The van der Waals surface area contributed by atoms with Crippen molar-refractivity contribution in [1.82, 2.24) is 9.36 Å². The van der Waals surface area contributed by atoms with Crippen LogP contribution in [0, 0.1) is 5.92 Å². The molecule has 1 aromatic rings. The lowest BCUT2D eigenvalue weighted by Gasteiger charge is -2.29. The Bertz CT molecular complexity index is 452. The molecule has 0 amide bonds. The van der Waals surface area contributed by atoms with Crippen LogP contribution < -0.4 is 4.90 Å². The molecule has 1 aromatic heterocycles. The topological polar surface area (TPSA) is 75.6 Å². The molecular weight excluding hydrogens is 278 g/mol. The average Bonchev–Trinajstić information content (AvgIpc) is 3.05. The normalized spacial score (nSPS) is 22.1. The number of ether oxygens (including phenoxy) is 1. The first-order chi connectivity index (χ1) is 9.67. The summed E-state index contributed by atoms with van der Waals surface area (Å²) in [5.41, 5.74) is 0. The van der Waals surface area contributed by atoms with Gasteiger partial charge in [-0.1, -0.05) is 13.8 Å². The predicted octanol–water partition coefficient (Wildman–Crippen LogP) is 1.81. The van der Waals surface area contributed by atoms with Crippen molar-refractivity contribution in [3.8, 4) is 0 Å². The van der Waals surface area contributed by atoms with E-state index >= 15 is 0 Å². The Morgan fingerprint density at radius 2 is 2.25 bits per heavy atom. The van der Waals surface area contributed by atoms with Gasteiger partial charge in [0.25, 0.3) is 0 Å². The van der Waals surface area contributed by atoms with E-state index in [0.29, 0.717) is 6.61 Å². The summed E-state index contributed by atoms with van der Waals surface area (Å²) in [5, 5.41) is 10.1. The monoisotopic (exact) mass is 299 g/mol. The number of aromatic nitrogens is 2. The molecule has 20 heavy (non-hydrogen) atoms. The smallest absolute Gasteiger partial charge is 0.311 e. The zero-order valence-corrected chi connectivity index (χ0v) is 12.7. The first-order valence-corrected chi connectivity index (χ1v) is 7.84. The van der Waals surface area contributed by atoms with E-state index in [0.717, 1.165) is 36.8 Å². The number of carboxylic acids is 1. The second kappa shape index (κ2) is 6.99. The molecule has 0 bridgehead atoms. The molecule has 6 nitrogen and oxygen atoms in total. The number of anilines is 1. The number of carboxylic acid groups (broad SMARTS) is 1. The molecule has 2 unspecified atom stereocenters. The number of rotatable bonds is 7. The van der Waals surface area contributed by atoms with Crippen molar-refractivity contribution < 1.29 is 14.6 Å². The van der Waals surface area contributed by atoms with Crippen LogP contribution >= 0.6 is 11.5 Å². The molecule has 7 heteroatoms. The molecule has 112 valence electrons. The summed E-state index contributed by atoms with van der Waals surface area (Å²) in [5.74, 6) is -0.439. The number of hydrogen-bond acceptors (Lipinski definition) is 6. The Kier molecular flexibility index (Phi) is 5.31. The second-order valence-corrected chi connectivity index (χ2v) is 5.72. The summed E-state index contributed by atoms with van der Waals surface area (Å²) in [7, 11) is 0. The van der Waals surface area contributed by atoms with Crippen LogP contribution in [0.15, 0.2) is 0 Å². The lowest BCUT2D eigenvalue weighted by Crippen LogP contribution is -2.43. The summed E-state index contributed by atoms with van der Waals surface area (Å²) in [4.78, 5) is 17.9. The molecule has 0 radical (unpaired) electrons. The van der Waals surface area contributed by atoms with Gasteiger partial charge in [-0.3, -0.25) is 4.79 Å². The van der Waals surface area contributed by atoms with E-state index in [1.807, 2.05) is 0 Å². The van der Waals surface area contributed by atoms with Crippen molar-refractivity contribution in [1.29, 1.82) is 0 Å². The maximum atomic E-state index is 11.3. The number of nitrogens with zero attached hydrogens (tertiary/aromatic N) is 3. The fourth-order valence-electron chi connectivity index (χ4n) is 2.42. The molecule has 1 fully saturated rings. The quantitative estimate of drug-likeness (QED) is 0.827. The third-order valence-electron chi connectivity index (χ3n) is 3.41. The van der Waals surface area contributed by atoms with Crippen molar-refractivity contribution in [2.45, 2.75) is 39.2 Å². The van der Waals surface area contributed by atoms with E-state index in [4.69, 9.17) is 4.74 Å². The van der Waals surface area contributed by atoms with Gasteiger partial charge in [0, 0.05) is 24.5 Å². The zero-order chi connectivity index (χ0) is 14.5. The summed E-state index contributed by atoms with van der Waals surface area (Å²) in [6, 6.07) is -0.144. The van der Waals surface area contributed by atoms with Crippen LogP contribution in [0.3, 0.4) is 0 Å². The van der Waals surface area contributed by atoms with Crippen LogP contribution in [0.2, 0.25) is 0 Å². The van der Waals surface area contributed by atoms with E-state index < -0.39 is 11.9 Å². The summed E-state index contributed by atoms with van der Waals surface area (Å²) < 4.78 is 9.72. The highest BCUT2D eigenvalue weighted by Crippen LogP contribution is 2.27. The minimum absolute atomic E-state index is 0.144. The van der Waals surface area contributed by atoms with Crippen LogP contribution in [0.4, 0.5) is 5.13 Å². The average molecular weight is 299 g/mol. The first kappa shape index (κ1) is 15.2. The summed E-state index contributed by atoms with van der Waals surface area (Å²) in [6.45, 7) is 5.67. The van der Waals surface area contributed by atoms with E-state index in [1.165, 1.54) is 11.5 Å². The molecule has 1 N–H and O–H groups in total. The lowest BCUT2D eigenvalue weighted by atomic mass is 10.0. The Morgan fingerprint density at radius 1 is 1.45 bits per heavy atom. The predicted molar refractivity (Wildman–Crippen MR) is 77.3 cm³/mol. The fourth-order valence-corrected chi connectivity index (χ4v) is 3.21. The molecule has 2 atom stereocenters. The van der Waals surface area contributed by atoms with Gasteiger partial charge >= 0.3 is 5.97 Å². The highest BCUT2D eigenvalue weighted by Gasteiger charge is 2.39. The van der Waals surface area contributed by atoms with E-state index in [-0.39, 0.29) is 12.6 Å². The number of hydrogen-bond donors (Lipinski definition) is 1. The molecule has 0 aliphatic carbocycles. The summed E-state index contributed by atoms with van der Waals surface area (Å²) >= 11 is 1.35. The van der Waals surface area contributed by atoms with Crippen molar-refractivity contribution in [2.75, 3.05) is 24.7 Å². The Morgan fingerprint density at radius 3 is 2.90 bits per heavy atom. The minimum Gasteiger partial charge on any atom is -0.481 e. The molecular formula is C13H21N3O3S. The van der Waals surface area contributed by atoms with Gasteiger partial charge < -0.3 is 14.7 Å². The lowest BCUT2D eigenvalue weighted by molar-refractivity contribution is -0.141. The Balaban J connectivity index is 2.18. The minimum atomic E-state index is -0.799. The zero-order valence-electron chi connectivity index (χ0n) is 11.9. The van der Waals surface area contributed by atoms with Crippen LogP contribution in [0.25, 0.3) is 0 Å². The third kappa shape index (κ3) is 3.27. The largest absolute Gasteiger partial charge is 0.481 e. The van der Waals surface area contributed by atoms with Crippen LogP contribution in [0.5, 0.6) is 0 Å². The van der Waals surface area contributed by atoms with E-state index in [1.54, 1.807) is 0 Å². The van der Waals surface area contributed by atoms with E-state index in [2.05, 4.69) is 28.1 Å². The van der Waals surface area contributed by atoms with E-state index in [9.17, 15) is 9.90 Å². The van der Waals surface area contributed by atoms with Crippen LogP contribution in [0.1, 0.15) is 32.5 Å². The van der Waals surface area contributed by atoms with Gasteiger partial charge in [0.05, 0.1) is 19.3 Å². The van der Waals surface area contributed by atoms with Crippen LogP contribution in [-0.4, -0.2) is 46.2 Å². The Hall–Kier alpha value is -1.21. The van der Waals surface area contributed by atoms with Gasteiger partial charge in [-0.2, -0.15) is 4.37 Å². The summed E-state index contributed by atoms with van der Waals surface area (Å²) in [6.07, 6.45) is 2.81. The maximum absolute atomic E-state index is 11.3. The highest BCUT2D eigenvalue weighted by molar-refractivity contribution is 7.09. The number of carbonyl (C=O) groups is 1. The second-order valence-electron chi connectivity index (χ2n) is 4.99. The molecule has 1 aliphatic rings. The molecule has 0 aromatic carbocycles. The van der Waals surface area contributed by atoms with Gasteiger partial charge in [0.1, 0.15) is 11.7 Å². The highest BCUT2D eigenvalue weighted by atomic mass is 32.1. The van der Waals surface area contributed by atoms with Gasteiger partial charge in [-0.25, -0.2) is 4.98 Å². The van der Waals surface area contributed by atoms with Crippen molar-refractivity contribution in [3.05, 3.63) is 5.82 Å². The molecule has 2 heterocycles. The number of aliphatic carboxylic acids is 1. The van der Waals surface area contributed by atoms with Crippen molar-refractivity contribution in [2.24, 2.45) is 5.92 Å². The molecule has 1 aliphatic heterocycles. The Labute approximate surface area is 122 Å². The van der Waals surface area contributed by atoms with Gasteiger partial charge in [0.15, 0.2) is 0 Å². The standard InChI is InChI=1S/C13H21N3O3S/c1-3-5-11-14-13(20-15-11)16(6-4-2)10-8-19-7-9(10)12(17)18/h9-10H,3-8H2,1-2H3,(H,17,18). The SMILES string of the molecule is CCCc1nsc(N(CCC)C2COCC2C(=O)O)n1. The van der Waals surface area contributed by atoms with Gasteiger partial charge in [-0.15, -0.1) is 0 Å². The van der Waals surface area contributed by atoms with Crippen molar-refractivity contribution >= 4 is 22.6 Å². The first-order valence-electron chi connectivity index (χ1n) is 7.07. The van der Waals surface area contributed by atoms with Gasteiger partial charge in [-0.05, 0) is 12.8 Å².